The van der Waals surface area contributed by atoms with Gasteiger partial charge in [0.1, 0.15) is 6.10 Å². The lowest BCUT2D eigenvalue weighted by atomic mass is 9.61. The summed E-state index contributed by atoms with van der Waals surface area (Å²) in [4.78, 5) is 12.8. The Balaban J connectivity index is 1.90. The molecule has 0 aromatic carbocycles. The quantitative estimate of drug-likeness (QED) is 0.676. The van der Waals surface area contributed by atoms with Gasteiger partial charge in [-0.1, -0.05) is 32.9 Å². The van der Waals surface area contributed by atoms with Gasteiger partial charge in [0.25, 0.3) is 0 Å². The van der Waals surface area contributed by atoms with Crippen molar-refractivity contribution in [3.05, 3.63) is 23.3 Å². The zero-order chi connectivity index (χ0) is 16.9. The number of aliphatic hydroxyl groups excluding tert-OH is 1. The van der Waals surface area contributed by atoms with Crippen molar-refractivity contribution >= 4 is 5.78 Å². The van der Waals surface area contributed by atoms with E-state index in [2.05, 4.69) is 20.4 Å². The van der Waals surface area contributed by atoms with Crippen molar-refractivity contribution in [1.29, 1.82) is 0 Å². The highest BCUT2D eigenvalue weighted by atomic mass is 16.3. The highest BCUT2D eigenvalue weighted by Crippen LogP contribution is 2.71. The zero-order valence-corrected chi connectivity index (χ0v) is 14.6. The Bertz CT molecular complexity index is 639. The molecule has 0 heterocycles. The smallest absolute Gasteiger partial charge is 0.162 e. The van der Waals surface area contributed by atoms with Gasteiger partial charge in [-0.25, -0.2) is 0 Å². The molecule has 0 aromatic heterocycles. The molecule has 0 saturated heterocycles. The normalized spacial score (nSPS) is 51.0. The van der Waals surface area contributed by atoms with E-state index in [9.17, 15) is 15.0 Å². The highest BCUT2D eigenvalue weighted by Gasteiger charge is 2.69. The third-order valence-corrected chi connectivity index (χ3v) is 7.56. The monoisotopic (exact) mass is 316 g/mol. The first kappa shape index (κ1) is 15.6. The van der Waals surface area contributed by atoms with Crippen molar-refractivity contribution in [2.75, 3.05) is 0 Å². The SMILES string of the molecule is C=C1CCC2C(C3C1C1=C(CC(C)C1=O)C(O)C3(C)O)C2(C)C. The molecule has 2 saturated carbocycles. The molecule has 4 rings (SSSR count). The Kier molecular flexibility index (Phi) is 2.96. The Morgan fingerprint density at radius 1 is 1.22 bits per heavy atom. The summed E-state index contributed by atoms with van der Waals surface area (Å²) in [5, 5.41) is 22.2. The first-order valence-electron chi connectivity index (χ1n) is 8.95. The Morgan fingerprint density at radius 2 is 1.87 bits per heavy atom. The van der Waals surface area contributed by atoms with Gasteiger partial charge in [0.05, 0.1) is 5.60 Å². The van der Waals surface area contributed by atoms with Crippen molar-refractivity contribution < 1.29 is 15.0 Å². The number of aliphatic hydroxyl groups is 2. The van der Waals surface area contributed by atoms with E-state index in [1.807, 2.05) is 6.92 Å². The van der Waals surface area contributed by atoms with Crippen molar-refractivity contribution in [2.24, 2.45) is 35.0 Å². The maximum absolute atomic E-state index is 12.8. The van der Waals surface area contributed by atoms with Gasteiger partial charge < -0.3 is 10.2 Å². The molecule has 23 heavy (non-hydrogen) atoms. The Morgan fingerprint density at radius 3 is 2.52 bits per heavy atom. The molecule has 0 spiro atoms. The third kappa shape index (κ3) is 1.76. The molecule has 2 fully saturated rings. The minimum Gasteiger partial charge on any atom is -0.387 e. The summed E-state index contributed by atoms with van der Waals surface area (Å²) in [6.45, 7) is 12.5. The highest BCUT2D eigenvalue weighted by molar-refractivity contribution is 6.02. The summed E-state index contributed by atoms with van der Waals surface area (Å²) in [7, 11) is 0. The van der Waals surface area contributed by atoms with Crippen LogP contribution in [-0.4, -0.2) is 27.7 Å². The van der Waals surface area contributed by atoms with Gasteiger partial charge in [0.2, 0.25) is 0 Å². The van der Waals surface area contributed by atoms with E-state index in [0.29, 0.717) is 18.3 Å². The van der Waals surface area contributed by atoms with E-state index in [4.69, 9.17) is 0 Å². The molecule has 4 aliphatic rings. The van der Waals surface area contributed by atoms with E-state index in [1.165, 1.54) is 0 Å². The van der Waals surface area contributed by atoms with E-state index in [1.54, 1.807) is 6.92 Å². The number of hydrogen-bond donors (Lipinski definition) is 2. The first-order chi connectivity index (χ1) is 10.6. The van der Waals surface area contributed by atoms with Crippen molar-refractivity contribution in [3.8, 4) is 0 Å². The molecule has 7 unspecified atom stereocenters. The fraction of sp³-hybridized carbons (Fsp3) is 0.750. The van der Waals surface area contributed by atoms with Crippen molar-refractivity contribution in [1.82, 2.24) is 0 Å². The largest absolute Gasteiger partial charge is 0.387 e. The summed E-state index contributed by atoms with van der Waals surface area (Å²) in [6, 6.07) is 0. The van der Waals surface area contributed by atoms with Gasteiger partial charge in [0.15, 0.2) is 5.78 Å². The van der Waals surface area contributed by atoms with Crippen LogP contribution in [-0.2, 0) is 4.79 Å². The van der Waals surface area contributed by atoms with E-state index >= 15 is 0 Å². The molecule has 0 aromatic rings. The van der Waals surface area contributed by atoms with Gasteiger partial charge in [-0.2, -0.15) is 0 Å². The molecule has 3 nitrogen and oxygen atoms in total. The minimum absolute atomic E-state index is 0.0716. The third-order valence-electron chi connectivity index (χ3n) is 7.56. The van der Waals surface area contributed by atoms with Crippen LogP contribution in [0.2, 0.25) is 0 Å². The number of hydrogen-bond acceptors (Lipinski definition) is 3. The van der Waals surface area contributed by atoms with Crippen LogP contribution >= 0.6 is 0 Å². The molecular weight excluding hydrogens is 288 g/mol. The maximum atomic E-state index is 12.8. The van der Waals surface area contributed by atoms with E-state index in [-0.39, 0.29) is 29.0 Å². The van der Waals surface area contributed by atoms with Gasteiger partial charge >= 0.3 is 0 Å². The molecule has 0 radical (unpaired) electrons. The van der Waals surface area contributed by atoms with Gasteiger partial charge in [-0.3, -0.25) is 4.79 Å². The Labute approximate surface area is 138 Å². The van der Waals surface area contributed by atoms with Crippen LogP contribution in [0.15, 0.2) is 23.3 Å². The second-order valence-corrected chi connectivity index (χ2v) is 9.19. The fourth-order valence-corrected chi connectivity index (χ4v) is 6.20. The number of Topliss-reactive ketones (excluding diaryl/α,β-unsaturated/α-hetero) is 1. The predicted octanol–water partition coefficient (Wildman–Crippen LogP) is 2.87. The molecule has 0 bridgehead atoms. The van der Waals surface area contributed by atoms with Crippen LogP contribution in [0, 0.1) is 35.0 Å². The number of rotatable bonds is 0. The average molecular weight is 316 g/mol. The topological polar surface area (TPSA) is 57.5 Å². The average Bonchev–Trinajstić information content (AvgIpc) is 2.93. The molecule has 0 aliphatic heterocycles. The summed E-state index contributed by atoms with van der Waals surface area (Å²) < 4.78 is 0. The lowest BCUT2D eigenvalue weighted by Crippen LogP contribution is -2.55. The van der Waals surface area contributed by atoms with Crippen LogP contribution in [0.4, 0.5) is 0 Å². The van der Waals surface area contributed by atoms with Gasteiger partial charge in [-0.15, -0.1) is 0 Å². The van der Waals surface area contributed by atoms with Gasteiger partial charge in [0, 0.05) is 23.3 Å². The Hall–Kier alpha value is -0.930. The van der Waals surface area contributed by atoms with Crippen LogP contribution in [0.1, 0.15) is 47.0 Å². The fourth-order valence-electron chi connectivity index (χ4n) is 6.20. The second-order valence-electron chi connectivity index (χ2n) is 9.19. The van der Waals surface area contributed by atoms with Crippen LogP contribution in [0.5, 0.6) is 0 Å². The number of carbonyl (C=O) groups excluding carboxylic acids is 1. The predicted molar refractivity (Wildman–Crippen MR) is 88.6 cm³/mol. The number of allylic oxidation sites excluding steroid dienone is 2. The first-order valence-corrected chi connectivity index (χ1v) is 8.95. The van der Waals surface area contributed by atoms with E-state index < -0.39 is 11.7 Å². The molecular formula is C20H28O3. The minimum atomic E-state index is -1.18. The summed E-state index contributed by atoms with van der Waals surface area (Å²) in [5.74, 6) is 0.835. The molecule has 4 aliphatic carbocycles. The standard InChI is InChI=1S/C20H28O3/c1-9-6-7-12-15(19(12,3)4)16-13(9)14-11(8-10(2)17(14)21)18(22)20(16,5)23/h10,12-13,15-16,18,22-23H,1,6-8H2,2-5H3. The van der Waals surface area contributed by atoms with Crippen molar-refractivity contribution in [2.45, 2.75) is 58.7 Å². The maximum Gasteiger partial charge on any atom is 0.162 e. The molecule has 2 N–H and O–H groups in total. The van der Waals surface area contributed by atoms with Crippen LogP contribution in [0.3, 0.4) is 0 Å². The number of fused-ring (bicyclic) bond motifs is 4. The number of ketones is 1. The van der Waals surface area contributed by atoms with Gasteiger partial charge in [-0.05, 0) is 49.0 Å². The van der Waals surface area contributed by atoms with Crippen molar-refractivity contribution in [3.63, 3.8) is 0 Å². The number of carbonyl (C=O) groups is 1. The molecule has 0 amide bonds. The van der Waals surface area contributed by atoms with E-state index in [0.717, 1.165) is 29.6 Å². The summed E-state index contributed by atoms with van der Waals surface area (Å²) in [6.07, 6.45) is 1.67. The molecule has 7 atom stereocenters. The zero-order valence-electron chi connectivity index (χ0n) is 14.6. The lowest BCUT2D eigenvalue weighted by molar-refractivity contribution is -0.123. The van der Waals surface area contributed by atoms with Crippen LogP contribution in [0.25, 0.3) is 0 Å². The summed E-state index contributed by atoms with van der Waals surface area (Å²) >= 11 is 0. The van der Waals surface area contributed by atoms with Crippen LogP contribution < -0.4 is 0 Å². The lowest BCUT2D eigenvalue weighted by Gasteiger charge is -2.47. The second kappa shape index (κ2) is 4.37. The summed E-state index contributed by atoms with van der Waals surface area (Å²) in [5.41, 5.74) is 1.66. The molecule has 126 valence electrons. The molecule has 3 heteroatoms.